The van der Waals surface area contributed by atoms with Crippen molar-refractivity contribution in [3.63, 3.8) is 0 Å². The van der Waals surface area contributed by atoms with E-state index in [1.807, 2.05) is 237 Å². The number of nitriles is 3. The molecule has 0 aliphatic heterocycles. The molecule has 0 saturated heterocycles. The normalized spacial score (nSPS) is 11.5. The van der Waals surface area contributed by atoms with E-state index in [1.165, 1.54) is 65.9 Å². The average molecular weight is 1820 g/mol. The number of hydrogen-bond donors (Lipinski definition) is 0. The molecule has 0 aliphatic rings. The van der Waals surface area contributed by atoms with E-state index in [-0.39, 0.29) is 0 Å². The highest BCUT2D eigenvalue weighted by Gasteiger charge is 2.27. The highest BCUT2D eigenvalue weighted by molar-refractivity contribution is 7.27. The number of nitrogens with zero attached hydrogens (tertiary/aromatic N) is 15. The van der Waals surface area contributed by atoms with Gasteiger partial charge in [-0.15, -0.1) is 34.0 Å². The van der Waals surface area contributed by atoms with Crippen LogP contribution in [-0.4, -0.2) is 58.6 Å². The Morgan fingerprint density at radius 2 is 0.471 bits per heavy atom. The number of benzene rings is 18. The largest absolute Gasteiger partial charge is 0.308 e. The van der Waals surface area contributed by atoms with E-state index in [2.05, 4.69) is 214 Å². The van der Waals surface area contributed by atoms with E-state index in [9.17, 15) is 15.8 Å². The molecule has 9 aromatic heterocycles. The molecule has 0 atom stereocenters. The Bertz CT molecular complexity index is 9520. The summed E-state index contributed by atoms with van der Waals surface area (Å²) in [6.07, 6.45) is 0. The summed E-state index contributed by atoms with van der Waals surface area (Å²) in [6.45, 7) is 0. The van der Waals surface area contributed by atoms with E-state index in [0.29, 0.717) is 69.1 Å². The van der Waals surface area contributed by atoms with Crippen LogP contribution in [-0.2, 0) is 0 Å². The first kappa shape index (κ1) is 81.5. The lowest BCUT2D eigenvalue weighted by Crippen LogP contribution is -2.02. The van der Waals surface area contributed by atoms with Gasteiger partial charge in [0.15, 0.2) is 52.4 Å². The molecule has 0 spiro atoms. The highest BCUT2D eigenvalue weighted by Crippen LogP contribution is 2.48. The van der Waals surface area contributed by atoms with Crippen molar-refractivity contribution in [2.75, 3.05) is 0 Å². The second-order valence-electron chi connectivity index (χ2n) is 33.5. The lowest BCUT2D eigenvalue weighted by Gasteiger charge is -2.13. The van der Waals surface area contributed by atoms with Crippen molar-refractivity contribution in [2.24, 2.45) is 0 Å². The molecular weight excluding hydrogens is 1750 g/mol. The lowest BCUT2D eigenvalue weighted by atomic mass is 10.1. The summed E-state index contributed by atoms with van der Waals surface area (Å²) in [4.78, 5) is 43.8. The Hall–Kier alpha value is -18.5. The molecule has 18 aromatic carbocycles. The Labute approximate surface area is 801 Å². The van der Waals surface area contributed by atoms with Gasteiger partial charge in [0.25, 0.3) is 0 Å². The van der Waals surface area contributed by atoms with E-state index in [4.69, 9.17) is 44.9 Å². The van der Waals surface area contributed by atoms with Gasteiger partial charge in [-0.3, -0.25) is 0 Å². The van der Waals surface area contributed by atoms with Gasteiger partial charge in [0.05, 0.1) is 71.6 Å². The Kier molecular flexibility index (Phi) is 20.2. The molecular formula is C120H69N15S3. The minimum atomic E-state index is 0.518. The van der Waals surface area contributed by atoms with Crippen LogP contribution in [0.15, 0.2) is 419 Å². The van der Waals surface area contributed by atoms with Gasteiger partial charge in [-0.1, -0.05) is 309 Å². The first-order valence-electron chi connectivity index (χ1n) is 45.1. The van der Waals surface area contributed by atoms with Crippen LogP contribution in [0.3, 0.4) is 0 Å². The fraction of sp³-hybridized carbons (Fsp3) is 0. The van der Waals surface area contributed by atoms with Crippen LogP contribution in [0.25, 0.3) is 245 Å². The molecule has 642 valence electrons. The van der Waals surface area contributed by atoms with Crippen molar-refractivity contribution >= 4 is 160 Å². The van der Waals surface area contributed by atoms with Crippen molar-refractivity contribution in [1.29, 1.82) is 15.8 Å². The molecule has 138 heavy (non-hydrogen) atoms. The third-order valence-corrected chi connectivity index (χ3v) is 28.9. The molecule has 0 radical (unpaired) electrons. The van der Waals surface area contributed by atoms with Gasteiger partial charge in [0.1, 0.15) is 18.2 Å². The van der Waals surface area contributed by atoms with Crippen LogP contribution in [0.1, 0.15) is 16.7 Å². The van der Waals surface area contributed by atoms with Crippen molar-refractivity contribution in [1.82, 2.24) is 58.6 Å². The molecule has 27 aromatic rings. The van der Waals surface area contributed by atoms with Gasteiger partial charge in [0, 0.05) is 138 Å². The molecule has 9 heterocycles. The number of hydrogen-bond acceptors (Lipinski definition) is 15. The fourth-order valence-corrected chi connectivity index (χ4v) is 22.6. The Balaban J connectivity index is 0.000000110. The van der Waals surface area contributed by atoms with E-state index >= 15 is 0 Å². The van der Waals surface area contributed by atoms with Crippen LogP contribution in [0, 0.1) is 34.0 Å². The van der Waals surface area contributed by atoms with Crippen molar-refractivity contribution < 1.29 is 0 Å². The molecule has 27 rings (SSSR count). The zero-order valence-corrected chi connectivity index (χ0v) is 75.7. The van der Waals surface area contributed by atoms with Crippen molar-refractivity contribution in [3.8, 4) is 138 Å². The third-order valence-electron chi connectivity index (χ3n) is 25.5. The number of thiophene rings is 3. The van der Waals surface area contributed by atoms with Crippen LogP contribution in [0.5, 0.6) is 0 Å². The van der Waals surface area contributed by atoms with E-state index in [1.54, 1.807) is 34.0 Å². The maximum absolute atomic E-state index is 10.6. The molecule has 15 nitrogen and oxygen atoms in total. The first-order chi connectivity index (χ1) is 68.3. The fourth-order valence-electron chi connectivity index (χ4n) is 19.1. The van der Waals surface area contributed by atoms with E-state index < -0.39 is 0 Å². The van der Waals surface area contributed by atoms with Gasteiger partial charge in [-0.2, -0.15) is 15.8 Å². The van der Waals surface area contributed by atoms with Crippen LogP contribution in [0.2, 0.25) is 0 Å². The van der Waals surface area contributed by atoms with Gasteiger partial charge in [0.2, 0.25) is 0 Å². The van der Waals surface area contributed by atoms with Crippen LogP contribution in [0.4, 0.5) is 0 Å². The second kappa shape index (κ2) is 34.3. The maximum atomic E-state index is 10.6. The summed E-state index contributed by atoms with van der Waals surface area (Å²) < 4.78 is 14.1. The zero-order valence-electron chi connectivity index (χ0n) is 73.3. The number of fused-ring (bicyclic) bond motifs is 20. The smallest absolute Gasteiger partial charge is 0.164 e. The molecule has 0 fully saturated rings. The third kappa shape index (κ3) is 14.3. The van der Waals surface area contributed by atoms with Gasteiger partial charge in [-0.05, 0) is 109 Å². The number of rotatable bonds is 12. The minimum absolute atomic E-state index is 0.518. The predicted molar refractivity (Wildman–Crippen MR) is 564 cm³/mol. The van der Waals surface area contributed by atoms with Crippen molar-refractivity contribution in [3.05, 3.63) is 435 Å². The average Bonchev–Trinajstić information content (AvgIpc) is 1.73. The maximum Gasteiger partial charge on any atom is 0.164 e. The number of aromatic nitrogens is 12. The van der Waals surface area contributed by atoms with Crippen molar-refractivity contribution in [2.45, 2.75) is 0 Å². The first-order valence-corrected chi connectivity index (χ1v) is 47.5. The molecule has 0 bridgehead atoms. The van der Waals surface area contributed by atoms with Gasteiger partial charge >= 0.3 is 0 Å². The quantitative estimate of drug-likeness (QED) is 0.112. The Morgan fingerprint density at radius 3 is 0.877 bits per heavy atom. The second-order valence-corrected chi connectivity index (χ2v) is 36.8. The molecule has 0 saturated carbocycles. The molecule has 0 amide bonds. The monoisotopic (exact) mass is 1820 g/mol. The zero-order chi connectivity index (χ0) is 91.8. The summed E-state index contributed by atoms with van der Waals surface area (Å²) in [5, 5.41) is 46.2. The summed E-state index contributed by atoms with van der Waals surface area (Å²) in [7, 11) is 0. The summed E-state index contributed by atoms with van der Waals surface area (Å²) in [6, 6.07) is 149. The highest BCUT2D eigenvalue weighted by atomic mass is 32.1. The number of para-hydroxylation sites is 3. The predicted octanol–water partition coefficient (Wildman–Crippen LogP) is 30.6. The van der Waals surface area contributed by atoms with Crippen LogP contribution >= 0.6 is 34.0 Å². The van der Waals surface area contributed by atoms with Crippen LogP contribution < -0.4 is 0 Å². The topological polar surface area (TPSA) is 202 Å². The summed E-state index contributed by atoms with van der Waals surface area (Å²) in [5.41, 5.74) is 18.2. The summed E-state index contributed by atoms with van der Waals surface area (Å²) in [5.74, 6) is 5.06. The molecule has 0 unspecified atom stereocenters. The Morgan fingerprint density at radius 1 is 0.181 bits per heavy atom. The minimum Gasteiger partial charge on any atom is -0.308 e. The molecule has 0 aliphatic carbocycles. The molecule has 18 heteroatoms. The van der Waals surface area contributed by atoms with Gasteiger partial charge in [-0.25, -0.2) is 44.9 Å². The van der Waals surface area contributed by atoms with Gasteiger partial charge < -0.3 is 13.7 Å². The standard InChI is InChI=1S/3C40H23N5S/c41-24-28-23-27(40-43-38(25-11-3-1-4-12-25)42-39(44-40)26-13-5-2-6-14-26)19-22-33(28)45-34-17-9-7-15-29(34)31-20-21-32-30-16-8-10-18-35(30)46-37(32)36(31)45;41-24-28-23-27(40-43-38(25-11-3-1-4-12-25)42-39(44-40)26-13-5-2-6-14-26)19-21-32(28)45-33-17-9-7-15-29(33)30-20-22-35-36(37(30)45)31-16-8-10-18-34(31)46-35;41-24-28-21-27(40-43-38(25-11-3-1-4-12-25)42-39(44-40)26-13-5-2-6-14-26)19-20-33(28)45-34-17-9-7-15-29(34)31-22-32-30-16-8-10-18-36(30)46-37(32)23-35(31)45/h3*1-23H. The lowest BCUT2D eigenvalue weighted by molar-refractivity contribution is 1.07. The molecule has 0 N–H and O–H groups in total. The van der Waals surface area contributed by atoms with E-state index in [0.717, 1.165) is 127 Å². The summed E-state index contributed by atoms with van der Waals surface area (Å²) >= 11 is 5.39. The SMILES string of the molecule is N#Cc1cc(-c2nc(-c3ccccc3)nc(-c3ccccc3)n2)ccc1-n1c2ccccc2c2cc3c(cc21)sc1ccccc13.N#Cc1cc(-c2nc(-c3ccccc3)nc(-c3ccccc3)n2)ccc1-n1c2ccccc2c2ccc3c4ccccc4sc3c21.N#Cc1cc(-c2nc(-c3ccccc3)nc(-c3ccccc3)n2)ccc1-n1c2ccccc2c2ccc3sc4ccccc4c3c21.